The summed E-state index contributed by atoms with van der Waals surface area (Å²) in [4.78, 5) is 27.3. The first-order chi connectivity index (χ1) is 12.7. The molecule has 2 heterocycles. The molecule has 1 aliphatic carbocycles. The highest BCUT2D eigenvalue weighted by Gasteiger charge is 2.20. The Balaban J connectivity index is 1.58. The number of H-pyrrole nitrogens is 1. The number of nitrogens with zero attached hydrogens (tertiary/aromatic N) is 3. The fourth-order valence-electron chi connectivity index (χ4n) is 3.22. The van der Waals surface area contributed by atoms with Gasteiger partial charge in [0.15, 0.2) is 17.0 Å². The Kier molecular flexibility index (Phi) is 4.49. The minimum absolute atomic E-state index is 0.302. The van der Waals surface area contributed by atoms with E-state index in [2.05, 4.69) is 30.6 Å². The Hall–Kier alpha value is -3.00. The normalized spacial score (nSPS) is 20.0. The minimum atomic E-state index is 0.302. The number of aromatic amines is 1. The monoisotopic (exact) mass is 351 g/mol. The van der Waals surface area contributed by atoms with Crippen LogP contribution in [0.15, 0.2) is 30.6 Å². The van der Waals surface area contributed by atoms with Gasteiger partial charge in [-0.1, -0.05) is 0 Å². The van der Waals surface area contributed by atoms with Crippen molar-refractivity contribution in [2.45, 2.75) is 37.8 Å². The number of carbonyl (C=O) groups excluding carboxylic acids is 1. The lowest BCUT2D eigenvalue weighted by Crippen LogP contribution is -2.33. The standard InChI is InChI=1S/C18H21N7O/c19-12-3-7-14(8-4-12)23-18-24-16-15(20-10-21-16)17(25-18)22-13-5-1-11(9-26)2-6-13/h1-2,5-6,9-10,12,14H,3-4,7-8,19H2,(H3,20,21,22,23,24,25)/t12-,14-. The molecule has 0 aliphatic heterocycles. The number of fused-ring (bicyclic) bond motifs is 1. The van der Waals surface area contributed by atoms with Crippen LogP contribution >= 0.6 is 0 Å². The van der Waals surface area contributed by atoms with E-state index in [1.165, 1.54) is 0 Å². The zero-order valence-electron chi connectivity index (χ0n) is 14.3. The smallest absolute Gasteiger partial charge is 0.227 e. The molecule has 26 heavy (non-hydrogen) atoms. The number of nitrogens with two attached hydrogens (primary N) is 1. The van der Waals surface area contributed by atoms with Gasteiger partial charge in [0.2, 0.25) is 5.95 Å². The molecular formula is C18H21N7O. The lowest BCUT2D eigenvalue weighted by Gasteiger charge is -2.26. The molecule has 134 valence electrons. The lowest BCUT2D eigenvalue weighted by molar-refractivity contribution is 0.112. The zero-order valence-corrected chi connectivity index (χ0v) is 14.3. The van der Waals surface area contributed by atoms with Gasteiger partial charge in [-0.2, -0.15) is 9.97 Å². The number of aromatic nitrogens is 4. The van der Waals surface area contributed by atoms with Crippen LogP contribution in [0.4, 0.5) is 17.5 Å². The Morgan fingerprint density at radius 3 is 2.62 bits per heavy atom. The first-order valence-electron chi connectivity index (χ1n) is 8.77. The van der Waals surface area contributed by atoms with E-state index in [1.54, 1.807) is 18.5 Å². The third kappa shape index (κ3) is 3.50. The summed E-state index contributed by atoms with van der Waals surface area (Å²) in [6, 6.07) is 7.80. The highest BCUT2D eigenvalue weighted by molar-refractivity contribution is 5.86. The highest BCUT2D eigenvalue weighted by atomic mass is 16.1. The van der Waals surface area contributed by atoms with Crippen molar-refractivity contribution in [1.29, 1.82) is 0 Å². The summed E-state index contributed by atoms with van der Waals surface area (Å²) in [5.74, 6) is 1.18. The summed E-state index contributed by atoms with van der Waals surface area (Å²) >= 11 is 0. The number of rotatable bonds is 5. The molecule has 1 aliphatic rings. The van der Waals surface area contributed by atoms with Gasteiger partial charge in [-0.25, -0.2) is 4.98 Å². The average molecular weight is 351 g/mol. The van der Waals surface area contributed by atoms with Crippen LogP contribution in [0.1, 0.15) is 36.0 Å². The second-order valence-corrected chi connectivity index (χ2v) is 6.62. The number of aldehydes is 1. The van der Waals surface area contributed by atoms with Crippen molar-refractivity contribution in [3.05, 3.63) is 36.2 Å². The summed E-state index contributed by atoms with van der Waals surface area (Å²) in [7, 11) is 0. The summed E-state index contributed by atoms with van der Waals surface area (Å²) in [5, 5.41) is 6.68. The van der Waals surface area contributed by atoms with Crippen LogP contribution in [0.5, 0.6) is 0 Å². The van der Waals surface area contributed by atoms with Crippen molar-refractivity contribution in [2.24, 2.45) is 5.73 Å². The summed E-state index contributed by atoms with van der Waals surface area (Å²) in [6.45, 7) is 0. The Bertz CT molecular complexity index is 898. The highest BCUT2D eigenvalue weighted by Crippen LogP contribution is 2.25. The van der Waals surface area contributed by atoms with Crippen LogP contribution in [0, 0.1) is 0 Å². The van der Waals surface area contributed by atoms with E-state index in [0.29, 0.717) is 40.6 Å². The summed E-state index contributed by atoms with van der Waals surface area (Å²) in [5.41, 5.74) is 8.77. The number of carbonyl (C=O) groups is 1. The number of nitrogens with one attached hydrogen (secondary N) is 3. The van der Waals surface area contributed by atoms with E-state index in [0.717, 1.165) is 37.7 Å². The van der Waals surface area contributed by atoms with Crippen molar-refractivity contribution >= 4 is 34.9 Å². The third-order valence-electron chi connectivity index (χ3n) is 4.69. The quantitative estimate of drug-likeness (QED) is 0.521. The molecule has 2 aromatic heterocycles. The van der Waals surface area contributed by atoms with Crippen LogP contribution in [-0.4, -0.2) is 38.3 Å². The molecule has 0 radical (unpaired) electrons. The SMILES string of the molecule is N[C@H]1CC[C@H](Nc2nc(Nc3ccc(C=O)cc3)c3nc[nH]c3n2)CC1. The van der Waals surface area contributed by atoms with Gasteiger partial charge in [0.05, 0.1) is 6.33 Å². The van der Waals surface area contributed by atoms with Gasteiger partial charge in [0, 0.05) is 23.3 Å². The number of benzene rings is 1. The maximum absolute atomic E-state index is 10.8. The van der Waals surface area contributed by atoms with E-state index in [-0.39, 0.29) is 0 Å². The van der Waals surface area contributed by atoms with E-state index >= 15 is 0 Å². The van der Waals surface area contributed by atoms with E-state index in [4.69, 9.17) is 5.73 Å². The van der Waals surface area contributed by atoms with Gasteiger partial charge in [-0.15, -0.1) is 0 Å². The Morgan fingerprint density at radius 2 is 1.88 bits per heavy atom. The zero-order chi connectivity index (χ0) is 17.9. The maximum atomic E-state index is 10.8. The number of imidazole rings is 1. The van der Waals surface area contributed by atoms with Crippen molar-refractivity contribution in [1.82, 2.24) is 19.9 Å². The van der Waals surface area contributed by atoms with E-state index in [9.17, 15) is 4.79 Å². The Labute approximate surface area is 150 Å². The molecule has 8 heteroatoms. The number of hydrogen-bond acceptors (Lipinski definition) is 7. The van der Waals surface area contributed by atoms with Crippen molar-refractivity contribution in [3.8, 4) is 0 Å². The molecule has 4 rings (SSSR count). The van der Waals surface area contributed by atoms with Crippen LogP contribution in [0.25, 0.3) is 11.2 Å². The van der Waals surface area contributed by atoms with Gasteiger partial charge < -0.3 is 21.4 Å². The topological polar surface area (TPSA) is 122 Å². The molecule has 1 fully saturated rings. The predicted molar refractivity (Wildman–Crippen MR) is 101 cm³/mol. The first kappa shape index (κ1) is 16.5. The number of anilines is 3. The van der Waals surface area contributed by atoms with Crippen LogP contribution in [0.2, 0.25) is 0 Å². The second kappa shape index (κ2) is 7.09. The molecule has 8 nitrogen and oxygen atoms in total. The minimum Gasteiger partial charge on any atom is -0.351 e. The van der Waals surface area contributed by atoms with Crippen LogP contribution < -0.4 is 16.4 Å². The molecule has 0 amide bonds. The summed E-state index contributed by atoms with van der Waals surface area (Å²) in [6.07, 6.45) is 6.47. The predicted octanol–water partition coefficient (Wildman–Crippen LogP) is 2.59. The molecule has 1 aromatic carbocycles. The fourth-order valence-corrected chi connectivity index (χ4v) is 3.22. The Morgan fingerprint density at radius 1 is 1.12 bits per heavy atom. The number of hydrogen-bond donors (Lipinski definition) is 4. The van der Waals surface area contributed by atoms with Crippen molar-refractivity contribution < 1.29 is 4.79 Å². The van der Waals surface area contributed by atoms with E-state index < -0.39 is 0 Å². The van der Waals surface area contributed by atoms with Crippen molar-refractivity contribution in [3.63, 3.8) is 0 Å². The first-order valence-corrected chi connectivity index (χ1v) is 8.77. The third-order valence-corrected chi connectivity index (χ3v) is 4.69. The van der Waals surface area contributed by atoms with Gasteiger partial charge in [-0.3, -0.25) is 4.79 Å². The maximum Gasteiger partial charge on any atom is 0.227 e. The van der Waals surface area contributed by atoms with Crippen molar-refractivity contribution in [2.75, 3.05) is 10.6 Å². The van der Waals surface area contributed by atoms with Gasteiger partial charge >= 0.3 is 0 Å². The molecule has 0 unspecified atom stereocenters. The molecule has 0 atom stereocenters. The van der Waals surface area contributed by atoms with E-state index in [1.807, 2.05) is 12.1 Å². The molecule has 1 saturated carbocycles. The van der Waals surface area contributed by atoms with Crippen LogP contribution in [-0.2, 0) is 0 Å². The summed E-state index contributed by atoms with van der Waals surface area (Å²) < 4.78 is 0. The molecular weight excluding hydrogens is 330 g/mol. The van der Waals surface area contributed by atoms with Gasteiger partial charge in [-0.05, 0) is 49.9 Å². The molecule has 5 N–H and O–H groups in total. The average Bonchev–Trinajstić information content (AvgIpc) is 3.13. The molecule has 0 spiro atoms. The van der Waals surface area contributed by atoms with Gasteiger partial charge in [0.1, 0.15) is 6.29 Å². The van der Waals surface area contributed by atoms with Gasteiger partial charge in [0.25, 0.3) is 0 Å². The fraction of sp³-hybridized carbons (Fsp3) is 0.333. The second-order valence-electron chi connectivity index (χ2n) is 6.62. The molecule has 0 saturated heterocycles. The van der Waals surface area contributed by atoms with Crippen LogP contribution in [0.3, 0.4) is 0 Å². The molecule has 0 bridgehead atoms. The molecule has 3 aromatic rings. The largest absolute Gasteiger partial charge is 0.351 e. The lowest BCUT2D eigenvalue weighted by atomic mass is 9.92.